The third kappa shape index (κ3) is 2.15. The topological polar surface area (TPSA) is 152 Å². The molecule has 0 aromatic carbocycles. The van der Waals surface area contributed by atoms with Crippen molar-refractivity contribution in [2.24, 2.45) is 0 Å². The summed E-state index contributed by atoms with van der Waals surface area (Å²) < 4.78 is 0. The molecule has 0 fully saturated rings. The van der Waals surface area contributed by atoms with Gasteiger partial charge < -0.3 is 25.5 Å². The highest BCUT2D eigenvalue weighted by Crippen LogP contribution is 2.23. The van der Waals surface area contributed by atoms with E-state index in [0.29, 0.717) is 0 Å². The molecule has 8 heteroatoms. The summed E-state index contributed by atoms with van der Waals surface area (Å²) in [6.07, 6.45) is -5.79. The Morgan fingerprint density at radius 2 is 1.44 bits per heavy atom. The summed E-state index contributed by atoms with van der Waals surface area (Å²) in [4.78, 5) is 31.4. The number of rotatable bonds is 7. The fourth-order valence-corrected chi connectivity index (χ4v) is 1.01. The number of hydrogen-bond donors (Lipinski definition) is 5. The Kier molecular flexibility index (Phi) is 4.84. The molecule has 5 N–H and O–H groups in total. The maximum absolute atomic E-state index is 10.6. The minimum absolute atomic E-state index is 0.457. The lowest BCUT2D eigenvalue weighted by atomic mass is 9.79. The average Bonchev–Trinajstić information content (AvgIpc) is 2.34. The molecule has 0 heterocycles. The van der Waals surface area contributed by atoms with Gasteiger partial charge in [0.15, 0.2) is 24.5 Å². The van der Waals surface area contributed by atoms with Crippen LogP contribution in [0.25, 0.3) is 0 Å². The van der Waals surface area contributed by atoms with Crippen LogP contribution in [0, 0.1) is 0 Å². The van der Waals surface area contributed by atoms with Gasteiger partial charge in [0.05, 0.1) is 6.61 Å². The van der Waals surface area contributed by atoms with Crippen molar-refractivity contribution in [1.29, 1.82) is 0 Å². The van der Waals surface area contributed by atoms with Crippen molar-refractivity contribution in [1.82, 2.24) is 0 Å². The molecule has 0 bridgehead atoms. The quantitative estimate of drug-likeness (QED) is 0.220. The summed E-state index contributed by atoms with van der Waals surface area (Å²) in [6, 6.07) is 0. The van der Waals surface area contributed by atoms with Crippen LogP contribution in [-0.4, -0.2) is 74.4 Å². The lowest BCUT2D eigenvalue weighted by Gasteiger charge is -2.36. The first-order chi connectivity index (χ1) is 7.32. The second-order valence-corrected chi connectivity index (χ2v) is 3.20. The van der Waals surface area contributed by atoms with E-state index in [4.69, 9.17) is 10.2 Å². The average molecular weight is 236 g/mol. The molecule has 0 spiro atoms. The van der Waals surface area contributed by atoms with Crippen LogP contribution < -0.4 is 0 Å². The maximum Gasteiger partial charge on any atom is 0.213 e. The zero-order valence-corrected chi connectivity index (χ0v) is 8.05. The summed E-state index contributed by atoms with van der Waals surface area (Å²) in [7, 11) is 0. The first-order valence-corrected chi connectivity index (χ1v) is 4.13. The highest BCUT2D eigenvalue weighted by atomic mass is 16.4. The first kappa shape index (κ1) is 14.8. The molecule has 0 aromatic heterocycles. The van der Waals surface area contributed by atoms with Gasteiger partial charge in [0.1, 0.15) is 12.2 Å². The van der Waals surface area contributed by atoms with E-state index in [-0.39, 0.29) is 0 Å². The van der Waals surface area contributed by atoms with Crippen molar-refractivity contribution >= 4 is 18.9 Å². The molecule has 0 unspecified atom stereocenters. The van der Waals surface area contributed by atoms with Crippen LogP contribution in [-0.2, 0) is 14.4 Å². The lowest BCUT2D eigenvalue weighted by Crippen LogP contribution is -2.67. The highest BCUT2D eigenvalue weighted by Gasteiger charge is 2.56. The smallest absolute Gasteiger partial charge is 0.213 e. The van der Waals surface area contributed by atoms with Crippen molar-refractivity contribution in [3.8, 4) is 0 Å². The minimum atomic E-state index is -3.24. The molecule has 0 saturated heterocycles. The molecular weight excluding hydrogens is 224 g/mol. The Hall–Kier alpha value is -1.19. The minimum Gasteiger partial charge on any atom is -0.394 e. The number of aliphatic hydroxyl groups is 5. The molecule has 92 valence electrons. The monoisotopic (exact) mass is 236 g/mol. The van der Waals surface area contributed by atoms with Crippen LogP contribution in [0.15, 0.2) is 0 Å². The third-order valence-corrected chi connectivity index (χ3v) is 2.18. The van der Waals surface area contributed by atoms with Crippen molar-refractivity contribution in [3.05, 3.63) is 0 Å². The summed E-state index contributed by atoms with van der Waals surface area (Å²) in [5, 5.41) is 45.5. The SMILES string of the molecule is O=CC(O)(C=O)[C@](O)(C=O)[C@H](O)[C@H](O)CO. The van der Waals surface area contributed by atoms with Gasteiger partial charge in [-0.25, -0.2) is 0 Å². The lowest BCUT2D eigenvalue weighted by molar-refractivity contribution is -0.203. The Morgan fingerprint density at radius 3 is 1.69 bits per heavy atom. The molecule has 0 saturated carbocycles. The second kappa shape index (κ2) is 5.23. The van der Waals surface area contributed by atoms with Gasteiger partial charge >= 0.3 is 0 Å². The van der Waals surface area contributed by atoms with Crippen LogP contribution in [0.3, 0.4) is 0 Å². The summed E-state index contributed by atoms with van der Waals surface area (Å²) in [6.45, 7) is -1.05. The third-order valence-electron chi connectivity index (χ3n) is 2.18. The van der Waals surface area contributed by atoms with Crippen molar-refractivity contribution in [3.63, 3.8) is 0 Å². The van der Waals surface area contributed by atoms with Crippen LogP contribution >= 0.6 is 0 Å². The van der Waals surface area contributed by atoms with E-state index in [1.54, 1.807) is 0 Å². The van der Waals surface area contributed by atoms with E-state index in [9.17, 15) is 29.7 Å². The molecule has 0 aromatic rings. The Bertz CT molecular complexity index is 269. The number of carbonyl (C=O) groups is 3. The van der Waals surface area contributed by atoms with Gasteiger partial charge in [-0.1, -0.05) is 0 Å². The number of carbonyl (C=O) groups excluding carboxylic acids is 3. The summed E-state index contributed by atoms with van der Waals surface area (Å²) in [5.41, 5.74) is -6.44. The van der Waals surface area contributed by atoms with Gasteiger partial charge in [0.25, 0.3) is 0 Å². The Labute approximate surface area is 89.7 Å². The number of aldehydes is 3. The molecule has 0 aliphatic heterocycles. The first-order valence-electron chi connectivity index (χ1n) is 4.13. The molecule has 0 aliphatic carbocycles. The largest absolute Gasteiger partial charge is 0.394 e. The van der Waals surface area contributed by atoms with Crippen molar-refractivity contribution in [2.45, 2.75) is 23.4 Å². The standard InChI is InChI=1S/C8H12O8/c9-1-5(13)6(14)8(16,4-12)7(15,2-10)3-11/h2-6,9,13-16H,1H2/t5-,6-,8+/m1/s1. The van der Waals surface area contributed by atoms with E-state index in [2.05, 4.69) is 0 Å². The molecule has 0 aliphatic rings. The molecule has 0 amide bonds. The zero-order valence-electron chi connectivity index (χ0n) is 8.05. The van der Waals surface area contributed by atoms with Gasteiger partial charge in [0, 0.05) is 0 Å². The van der Waals surface area contributed by atoms with Crippen LogP contribution in [0.2, 0.25) is 0 Å². The number of aliphatic hydroxyl groups excluding tert-OH is 3. The normalized spacial score (nSPS) is 19.3. The Balaban J connectivity index is 5.41. The van der Waals surface area contributed by atoms with E-state index < -0.39 is 48.9 Å². The molecule has 16 heavy (non-hydrogen) atoms. The van der Waals surface area contributed by atoms with Gasteiger partial charge in [-0.3, -0.25) is 14.4 Å². The molecule has 0 rings (SSSR count). The predicted octanol–water partition coefficient (Wildman–Crippen LogP) is -4.24. The molecular formula is C8H12O8. The zero-order chi connectivity index (χ0) is 13.0. The predicted molar refractivity (Wildman–Crippen MR) is 47.2 cm³/mol. The van der Waals surface area contributed by atoms with Crippen LogP contribution in [0.1, 0.15) is 0 Å². The van der Waals surface area contributed by atoms with Crippen molar-refractivity contribution < 1.29 is 39.9 Å². The van der Waals surface area contributed by atoms with Crippen LogP contribution in [0.4, 0.5) is 0 Å². The van der Waals surface area contributed by atoms with E-state index >= 15 is 0 Å². The van der Waals surface area contributed by atoms with Gasteiger partial charge in [-0.15, -0.1) is 0 Å². The van der Waals surface area contributed by atoms with E-state index in [1.807, 2.05) is 0 Å². The van der Waals surface area contributed by atoms with Gasteiger partial charge in [0.2, 0.25) is 5.60 Å². The van der Waals surface area contributed by atoms with Gasteiger partial charge in [-0.2, -0.15) is 0 Å². The summed E-state index contributed by atoms with van der Waals surface area (Å²) in [5.74, 6) is 0. The van der Waals surface area contributed by atoms with Crippen LogP contribution in [0.5, 0.6) is 0 Å². The fourth-order valence-electron chi connectivity index (χ4n) is 1.01. The Morgan fingerprint density at radius 1 is 1.00 bits per heavy atom. The van der Waals surface area contributed by atoms with Gasteiger partial charge in [-0.05, 0) is 0 Å². The van der Waals surface area contributed by atoms with E-state index in [1.165, 1.54) is 0 Å². The number of hydrogen-bond acceptors (Lipinski definition) is 8. The summed E-state index contributed by atoms with van der Waals surface area (Å²) >= 11 is 0. The molecule has 3 atom stereocenters. The van der Waals surface area contributed by atoms with E-state index in [0.717, 1.165) is 0 Å². The molecule has 0 radical (unpaired) electrons. The second-order valence-electron chi connectivity index (χ2n) is 3.20. The fraction of sp³-hybridized carbons (Fsp3) is 0.625. The highest BCUT2D eigenvalue weighted by molar-refractivity contribution is 5.95. The molecule has 8 nitrogen and oxygen atoms in total. The maximum atomic E-state index is 10.6. The van der Waals surface area contributed by atoms with Crippen molar-refractivity contribution in [2.75, 3.05) is 6.61 Å².